The Morgan fingerprint density at radius 2 is 1.90 bits per heavy atom. The normalized spacial score (nSPS) is 34.1. The molecule has 1 heterocycles. The molecule has 0 aromatic heterocycles. The van der Waals surface area contributed by atoms with Gasteiger partial charge in [-0.05, 0) is 0 Å². The lowest BCUT2D eigenvalue weighted by molar-refractivity contribution is 0.0112. The van der Waals surface area contributed by atoms with Gasteiger partial charge in [-0.1, -0.05) is 0 Å². The van der Waals surface area contributed by atoms with E-state index in [9.17, 15) is 23.7 Å². The van der Waals surface area contributed by atoms with E-state index in [0.717, 1.165) is 0 Å². The Kier molecular flexibility index (Phi) is 6.63. The molecule has 0 spiro atoms. The molecule has 1 fully saturated rings. The maximum atomic E-state index is 10.6. The van der Waals surface area contributed by atoms with Crippen molar-refractivity contribution in [3.8, 4) is 0 Å². The lowest BCUT2D eigenvalue weighted by Crippen LogP contribution is -2.42. The van der Waals surface area contributed by atoms with Crippen molar-refractivity contribution in [3.63, 3.8) is 0 Å². The fourth-order valence-electron chi connectivity index (χ4n) is 1.99. The minimum absolute atomic E-state index is 0.0832. The van der Waals surface area contributed by atoms with Crippen LogP contribution in [0, 0.1) is 0 Å². The second kappa shape index (κ2) is 7.33. The fourth-order valence-corrected chi connectivity index (χ4v) is 5.20. The smallest absolute Gasteiger partial charge is 0.394 e. The molecule has 6 atom stereocenters. The summed E-state index contributed by atoms with van der Waals surface area (Å²) in [7, 11) is -5.59. The van der Waals surface area contributed by atoms with Crippen LogP contribution in [0.3, 0.4) is 0 Å². The number of hydrogen-bond acceptors (Lipinski definition) is 8. The first-order valence-corrected chi connectivity index (χ1v) is 8.76. The Labute approximate surface area is 119 Å². The van der Waals surface area contributed by atoms with Crippen LogP contribution in [0.2, 0.25) is 0 Å². The zero-order chi connectivity index (χ0) is 15.5. The average molecular weight is 335 g/mol. The van der Waals surface area contributed by atoms with E-state index in [0.29, 0.717) is 0 Å². The van der Waals surface area contributed by atoms with Gasteiger partial charge in [0.25, 0.3) is 0 Å². The molecule has 1 unspecified atom stereocenters. The van der Waals surface area contributed by atoms with Gasteiger partial charge in [0.1, 0.15) is 35.9 Å². The molecule has 120 valence electrons. The largest absolute Gasteiger partial charge is 0.397 e. The van der Waals surface area contributed by atoms with Crippen LogP contribution in [0.4, 0.5) is 0 Å². The summed E-state index contributed by atoms with van der Waals surface area (Å²) in [5, 5.41) is 46.4. The van der Waals surface area contributed by atoms with Gasteiger partial charge in [0.2, 0.25) is 0 Å². The summed E-state index contributed by atoms with van der Waals surface area (Å²) in [4.78, 5) is 0. The number of aliphatic hydroxyl groups excluding tert-OH is 5. The highest BCUT2D eigenvalue weighted by atomic mass is 32.3. The van der Waals surface area contributed by atoms with Crippen molar-refractivity contribution in [1.82, 2.24) is 0 Å². The number of rotatable bonds is 7. The molecule has 1 saturated heterocycles. The number of aliphatic hydroxyl groups is 5. The SMILES string of the molecule is O=S(=O)(O)O[C@@H](CO)[C@@H](O)C[S+]1C[C@H](O)[C@@H](O)[C@@H]1CO. The summed E-state index contributed by atoms with van der Waals surface area (Å²) in [6.07, 6.45) is -5.13. The monoisotopic (exact) mass is 335 g/mol. The minimum atomic E-state index is -4.82. The molecule has 1 rings (SSSR count). The molecule has 0 radical (unpaired) electrons. The van der Waals surface area contributed by atoms with Crippen LogP contribution in [0.25, 0.3) is 0 Å². The van der Waals surface area contributed by atoms with Crippen molar-refractivity contribution in [3.05, 3.63) is 0 Å². The van der Waals surface area contributed by atoms with Crippen molar-refractivity contribution >= 4 is 21.3 Å². The first-order chi connectivity index (χ1) is 9.19. The van der Waals surface area contributed by atoms with E-state index < -0.39 is 64.2 Å². The minimum Gasteiger partial charge on any atom is -0.394 e. The van der Waals surface area contributed by atoms with Gasteiger partial charge in [-0.2, -0.15) is 8.42 Å². The summed E-state index contributed by atoms with van der Waals surface area (Å²) in [6, 6.07) is 0. The standard InChI is InChI=1S/C9H18O9S2/c10-1-7(18-20(15,16)17)5(12)3-19-4-6(13)9(14)8(19)2-11/h5-14H,1-4H2/p+1/t5-,6-,7-,8-,9+,19?/m0/s1. The molecule has 0 aliphatic carbocycles. The van der Waals surface area contributed by atoms with E-state index in [1.165, 1.54) is 0 Å². The Bertz CT molecular complexity index is 400. The summed E-state index contributed by atoms with van der Waals surface area (Å²) >= 11 is 0. The molecular formula is C9H19O9S2+. The number of hydrogen-bond donors (Lipinski definition) is 6. The Hall–Kier alpha value is 0.0200. The molecule has 9 nitrogen and oxygen atoms in total. The van der Waals surface area contributed by atoms with Crippen molar-refractivity contribution < 1.29 is 42.7 Å². The van der Waals surface area contributed by atoms with Crippen molar-refractivity contribution in [2.45, 2.75) is 29.7 Å². The Morgan fingerprint density at radius 3 is 2.35 bits per heavy atom. The average Bonchev–Trinajstić information content (AvgIpc) is 2.60. The molecule has 1 aliphatic heterocycles. The second-order valence-electron chi connectivity index (χ2n) is 4.46. The predicted octanol–water partition coefficient (Wildman–Crippen LogP) is -3.76. The highest BCUT2D eigenvalue weighted by Crippen LogP contribution is 2.25. The lowest BCUT2D eigenvalue weighted by Gasteiger charge is -2.20. The van der Waals surface area contributed by atoms with E-state index in [-0.39, 0.29) is 11.5 Å². The van der Waals surface area contributed by atoms with E-state index in [4.69, 9.17) is 14.8 Å². The molecule has 0 bridgehead atoms. The third-order valence-corrected chi connectivity index (χ3v) is 6.32. The molecule has 20 heavy (non-hydrogen) atoms. The summed E-state index contributed by atoms with van der Waals surface area (Å²) in [6.45, 7) is -1.23. The molecule has 0 aromatic rings. The van der Waals surface area contributed by atoms with Crippen LogP contribution in [0.15, 0.2) is 0 Å². The summed E-state index contributed by atoms with van der Waals surface area (Å²) in [5.74, 6) is 0.0631. The molecule has 0 amide bonds. The van der Waals surface area contributed by atoms with Crippen molar-refractivity contribution in [2.24, 2.45) is 0 Å². The van der Waals surface area contributed by atoms with E-state index in [1.807, 2.05) is 0 Å². The molecule has 0 aromatic carbocycles. The van der Waals surface area contributed by atoms with Gasteiger partial charge in [-0.15, -0.1) is 0 Å². The maximum Gasteiger partial charge on any atom is 0.397 e. The van der Waals surface area contributed by atoms with Crippen LogP contribution in [-0.4, -0.2) is 92.9 Å². The molecule has 11 heteroatoms. The quantitative estimate of drug-likeness (QED) is 0.202. The van der Waals surface area contributed by atoms with Crippen LogP contribution in [0.5, 0.6) is 0 Å². The third kappa shape index (κ3) is 4.79. The fraction of sp³-hybridized carbons (Fsp3) is 1.00. The lowest BCUT2D eigenvalue weighted by atomic mass is 10.2. The van der Waals surface area contributed by atoms with Gasteiger partial charge >= 0.3 is 10.4 Å². The van der Waals surface area contributed by atoms with Gasteiger partial charge in [0, 0.05) is 10.9 Å². The topological polar surface area (TPSA) is 165 Å². The van der Waals surface area contributed by atoms with Gasteiger partial charge in [-0.25, -0.2) is 4.18 Å². The third-order valence-electron chi connectivity index (χ3n) is 3.01. The van der Waals surface area contributed by atoms with E-state index >= 15 is 0 Å². The first kappa shape index (κ1) is 18.1. The molecule has 0 saturated carbocycles. The second-order valence-corrected chi connectivity index (χ2v) is 7.86. The molecule has 1 aliphatic rings. The van der Waals surface area contributed by atoms with Gasteiger partial charge in [-0.3, -0.25) is 4.55 Å². The van der Waals surface area contributed by atoms with Crippen LogP contribution < -0.4 is 0 Å². The zero-order valence-electron chi connectivity index (χ0n) is 10.4. The van der Waals surface area contributed by atoms with Crippen LogP contribution in [-0.2, 0) is 25.5 Å². The highest BCUT2D eigenvalue weighted by Gasteiger charge is 2.50. The molecule has 6 N–H and O–H groups in total. The van der Waals surface area contributed by atoms with Crippen LogP contribution >= 0.6 is 0 Å². The van der Waals surface area contributed by atoms with Gasteiger partial charge < -0.3 is 25.5 Å². The summed E-state index contributed by atoms with van der Waals surface area (Å²) < 4.78 is 33.8. The predicted molar refractivity (Wildman–Crippen MR) is 69.5 cm³/mol. The Balaban J connectivity index is 2.66. The van der Waals surface area contributed by atoms with E-state index in [2.05, 4.69) is 4.18 Å². The first-order valence-electron chi connectivity index (χ1n) is 5.77. The molecular weight excluding hydrogens is 316 g/mol. The maximum absolute atomic E-state index is 10.6. The van der Waals surface area contributed by atoms with Crippen molar-refractivity contribution in [1.29, 1.82) is 0 Å². The van der Waals surface area contributed by atoms with Gasteiger partial charge in [0.05, 0.1) is 13.2 Å². The highest BCUT2D eigenvalue weighted by molar-refractivity contribution is 7.97. The van der Waals surface area contributed by atoms with E-state index in [1.54, 1.807) is 0 Å². The Morgan fingerprint density at radius 1 is 1.30 bits per heavy atom. The van der Waals surface area contributed by atoms with Crippen LogP contribution in [0.1, 0.15) is 0 Å². The van der Waals surface area contributed by atoms with Gasteiger partial charge in [0.15, 0.2) is 5.25 Å². The zero-order valence-corrected chi connectivity index (χ0v) is 12.1. The summed E-state index contributed by atoms with van der Waals surface area (Å²) in [5.41, 5.74) is 0. The van der Waals surface area contributed by atoms with Crippen molar-refractivity contribution in [2.75, 3.05) is 24.7 Å².